The molecule has 1 aliphatic heterocycles. The zero-order valence-corrected chi connectivity index (χ0v) is 12.9. The van der Waals surface area contributed by atoms with Crippen molar-refractivity contribution in [2.45, 2.75) is 17.9 Å². The second-order valence-electron chi connectivity index (χ2n) is 4.68. The van der Waals surface area contributed by atoms with Crippen LogP contribution in [0.4, 0.5) is 5.69 Å². The number of ether oxygens (including phenoxy) is 2. The SMILES string of the molecule is COCCNS(=O)(=O)c1ccc2c(c1)N(C)C(=O)C(C)O2. The minimum atomic E-state index is -3.64. The maximum absolute atomic E-state index is 12.1. The monoisotopic (exact) mass is 314 g/mol. The fourth-order valence-corrected chi connectivity index (χ4v) is 3.05. The van der Waals surface area contributed by atoms with Crippen molar-refractivity contribution in [1.82, 2.24) is 4.72 Å². The van der Waals surface area contributed by atoms with Gasteiger partial charge in [-0.2, -0.15) is 0 Å². The van der Waals surface area contributed by atoms with Crippen molar-refractivity contribution < 1.29 is 22.7 Å². The second-order valence-corrected chi connectivity index (χ2v) is 6.44. The Labute approximate surface area is 123 Å². The van der Waals surface area contributed by atoms with Gasteiger partial charge >= 0.3 is 0 Å². The molecule has 0 bridgehead atoms. The van der Waals surface area contributed by atoms with Gasteiger partial charge in [-0.3, -0.25) is 4.79 Å². The van der Waals surface area contributed by atoms with Crippen molar-refractivity contribution in [2.75, 3.05) is 32.2 Å². The number of carbonyl (C=O) groups is 1. The van der Waals surface area contributed by atoms with Crippen LogP contribution in [-0.2, 0) is 19.6 Å². The molecule has 1 N–H and O–H groups in total. The number of sulfonamides is 1. The number of anilines is 1. The van der Waals surface area contributed by atoms with E-state index in [-0.39, 0.29) is 24.0 Å². The number of likely N-dealkylation sites (N-methyl/N-ethyl adjacent to an activating group) is 1. The third-order valence-electron chi connectivity index (χ3n) is 3.18. The van der Waals surface area contributed by atoms with Crippen LogP contribution < -0.4 is 14.4 Å². The summed E-state index contributed by atoms with van der Waals surface area (Å²) < 4.78 is 37.0. The number of benzene rings is 1. The third-order valence-corrected chi connectivity index (χ3v) is 4.64. The number of nitrogens with zero attached hydrogens (tertiary/aromatic N) is 1. The van der Waals surface area contributed by atoms with Gasteiger partial charge in [-0.05, 0) is 25.1 Å². The van der Waals surface area contributed by atoms with E-state index in [4.69, 9.17) is 9.47 Å². The quantitative estimate of drug-likeness (QED) is 0.793. The van der Waals surface area contributed by atoms with E-state index in [0.717, 1.165) is 0 Å². The summed E-state index contributed by atoms with van der Waals surface area (Å²) in [6.07, 6.45) is -0.579. The molecular formula is C13H18N2O5S. The van der Waals surface area contributed by atoms with Gasteiger partial charge < -0.3 is 14.4 Å². The summed E-state index contributed by atoms with van der Waals surface area (Å²) in [7, 11) is -0.559. The molecule has 1 amide bonds. The largest absolute Gasteiger partial charge is 0.479 e. The van der Waals surface area contributed by atoms with E-state index in [9.17, 15) is 13.2 Å². The van der Waals surface area contributed by atoms with Crippen molar-refractivity contribution in [2.24, 2.45) is 0 Å². The molecule has 0 aliphatic carbocycles. The van der Waals surface area contributed by atoms with Crippen LogP contribution in [-0.4, -0.2) is 47.7 Å². The molecular weight excluding hydrogens is 296 g/mol. The predicted molar refractivity (Wildman–Crippen MR) is 77.0 cm³/mol. The van der Waals surface area contributed by atoms with E-state index in [2.05, 4.69) is 4.72 Å². The van der Waals surface area contributed by atoms with E-state index in [1.165, 1.54) is 24.1 Å². The minimum Gasteiger partial charge on any atom is -0.479 e. The predicted octanol–water partition coefficient (Wildman–Crippen LogP) is 0.355. The molecule has 21 heavy (non-hydrogen) atoms. The number of nitrogens with one attached hydrogen (secondary N) is 1. The van der Waals surface area contributed by atoms with Gasteiger partial charge in [0.2, 0.25) is 10.0 Å². The first-order chi connectivity index (χ1) is 9.86. The van der Waals surface area contributed by atoms with Crippen LogP contribution in [0.3, 0.4) is 0 Å². The highest BCUT2D eigenvalue weighted by Gasteiger charge is 2.30. The van der Waals surface area contributed by atoms with Crippen LogP contribution in [0.2, 0.25) is 0 Å². The summed E-state index contributed by atoms with van der Waals surface area (Å²) in [5.41, 5.74) is 0.438. The van der Waals surface area contributed by atoms with Gasteiger partial charge in [0.15, 0.2) is 6.10 Å². The number of hydrogen-bond donors (Lipinski definition) is 1. The molecule has 116 valence electrons. The molecule has 0 aromatic heterocycles. The molecule has 0 saturated heterocycles. The summed E-state index contributed by atoms with van der Waals surface area (Å²) >= 11 is 0. The first kappa shape index (κ1) is 15.7. The number of carbonyl (C=O) groups excluding carboxylic acids is 1. The molecule has 1 aliphatic rings. The van der Waals surface area contributed by atoms with Gasteiger partial charge in [0.1, 0.15) is 5.75 Å². The van der Waals surface area contributed by atoms with Crippen LogP contribution in [0.25, 0.3) is 0 Å². The number of fused-ring (bicyclic) bond motifs is 1. The molecule has 0 spiro atoms. The number of hydrogen-bond acceptors (Lipinski definition) is 5. The van der Waals surface area contributed by atoms with Crippen LogP contribution in [0.15, 0.2) is 23.1 Å². The van der Waals surface area contributed by atoms with Crippen LogP contribution in [0, 0.1) is 0 Å². The van der Waals surface area contributed by atoms with E-state index >= 15 is 0 Å². The van der Waals surface area contributed by atoms with Crippen LogP contribution in [0.5, 0.6) is 5.75 Å². The van der Waals surface area contributed by atoms with Gasteiger partial charge in [0.05, 0.1) is 17.2 Å². The fraction of sp³-hybridized carbons (Fsp3) is 0.462. The number of amides is 1. The summed E-state index contributed by atoms with van der Waals surface area (Å²) in [5, 5.41) is 0. The Kier molecular flexibility index (Phi) is 4.50. The molecule has 1 heterocycles. The fourth-order valence-electron chi connectivity index (χ4n) is 2.02. The van der Waals surface area contributed by atoms with Crippen molar-refractivity contribution in [1.29, 1.82) is 0 Å². The highest BCUT2D eigenvalue weighted by Crippen LogP contribution is 2.34. The first-order valence-corrected chi connectivity index (χ1v) is 7.92. The topological polar surface area (TPSA) is 84.9 Å². The van der Waals surface area contributed by atoms with Crippen LogP contribution in [0.1, 0.15) is 6.92 Å². The summed E-state index contributed by atoms with van der Waals surface area (Å²) in [5.74, 6) is 0.268. The molecule has 0 fully saturated rings. The van der Waals surface area contributed by atoms with E-state index in [1.54, 1.807) is 20.0 Å². The molecule has 0 saturated carbocycles. The van der Waals surface area contributed by atoms with E-state index in [1.807, 2.05) is 0 Å². The average Bonchev–Trinajstić information content (AvgIpc) is 2.44. The molecule has 8 heteroatoms. The lowest BCUT2D eigenvalue weighted by atomic mass is 10.2. The third kappa shape index (κ3) is 3.17. The standard InChI is InChI=1S/C13H18N2O5S/c1-9-13(16)15(2)11-8-10(4-5-12(11)20-9)21(17,18)14-6-7-19-3/h4-5,8-9,14H,6-7H2,1-3H3. The van der Waals surface area contributed by atoms with E-state index < -0.39 is 16.1 Å². The second kappa shape index (κ2) is 6.00. The zero-order chi connectivity index (χ0) is 15.6. The van der Waals surface area contributed by atoms with Crippen molar-refractivity contribution in [3.05, 3.63) is 18.2 Å². The average molecular weight is 314 g/mol. The van der Waals surface area contributed by atoms with Crippen molar-refractivity contribution in [3.8, 4) is 5.75 Å². The summed E-state index contributed by atoms with van der Waals surface area (Å²) in [4.78, 5) is 13.4. The highest BCUT2D eigenvalue weighted by atomic mass is 32.2. The van der Waals surface area contributed by atoms with Gasteiger partial charge in [-0.25, -0.2) is 13.1 Å². The maximum Gasteiger partial charge on any atom is 0.267 e. The van der Waals surface area contributed by atoms with Gasteiger partial charge in [0.25, 0.3) is 5.91 Å². The Morgan fingerprint density at radius 3 is 2.81 bits per heavy atom. The Hall–Kier alpha value is -1.64. The molecule has 7 nitrogen and oxygen atoms in total. The van der Waals surface area contributed by atoms with E-state index in [0.29, 0.717) is 11.4 Å². The molecule has 1 unspecified atom stereocenters. The first-order valence-electron chi connectivity index (χ1n) is 6.43. The Morgan fingerprint density at radius 1 is 1.43 bits per heavy atom. The molecule has 1 aromatic carbocycles. The van der Waals surface area contributed by atoms with Gasteiger partial charge in [-0.15, -0.1) is 0 Å². The zero-order valence-electron chi connectivity index (χ0n) is 12.1. The summed E-state index contributed by atoms with van der Waals surface area (Å²) in [6.45, 7) is 2.11. The molecule has 1 atom stereocenters. The lowest BCUT2D eigenvalue weighted by molar-refractivity contribution is -0.125. The lowest BCUT2D eigenvalue weighted by Gasteiger charge is -2.30. The van der Waals surface area contributed by atoms with Gasteiger partial charge in [0, 0.05) is 20.7 Å². The Morgan fingerprint density at radius 2 is 2.14 bits per heavy atom. The summed E-state index contributed by atoms with van der Waals surface area (Å²) in [6, 6.07) is 4.43. The molecule has 2 rings (SSSR count). The van der Waals surface area contributed by atoms with Gasteiger partial charge in [-0.1, -0.05) is 0 Å². The minimum absolute atomic E-state index is 0.0788. The normalized spacial score (nSPS) is 18.3. The molecule has 0 radical (unpaired) electrons. The Bertz CT molecular complexity index is 644. The lowest BCUT2D eigenvalue weighted by Crippen LogP contribution is -2.42. The number of methoxy groups -OCH3 is 1. The smallest absolute Gasteiger partial charge is 0.267 e. The van der Waals surface area contributed by atoms with Crippen LogP contribution >= 0.6 is 0 Å². The highest BCUT2D eigenvalue weighted by molar-refractivity contribution is 7.89. The maximum atomic E-state index is 12.1. The molecule has 1 aromatic rings. The Balaban J connectivity index is 2.31. The van der Waals surface area contributed by atoms with Crippen molar-refractivity contribution >= 4 is 21.6 Å². The van der Waals surface area contributed by atoms with Crippen molar-refractivity contribution in [3.63, 3.8) is 0 Å². The number of rotatable bonds is 5.